The predicted molar refractivity (Wildman–Crippen MR) is 68.7 cm³/mol. The highest BCUT2D eigenvalue weighted by Crippen LogP contribution is 2.19. The molecule has 3 heteroatoms. The van der Waals surface area contributed by atoms with E-state index in [1.807, 2.05) is 19.2 Å². The maximum absolute atomic E-state index is 5.87. The summed E-state index contributed by atoms with van der Waals surface area (Å²) in [6.07, 6.45) is 0. The lowest BCUT2D eigenvalue weighted by Crippen LogP contribution is -2.32. The predicted octanol–water partition coefficient (Wildman–Crippen LogP) is 2.38. The Labute approximate surface area is 103 Å². The Hall–Kier alpha value is -0.570. The molecular formula is C13H19ClN2. The molecule has 0 amide bonds. The van der Waals surface area contributed by atoms with Gasteiger partial charge in [-0.25, -0.2) is 0 Å². The van der Waals surface area contributed by atoms with Crippen LogP contribution in [-0.2, 0) is 6.54 Å². The van der Waals surface area contributed by atoms with Crippen LogP contribution >= 0.6 is 11.6 Å². The van der Waals surface area contributed by atoms with Crippen LogP contribution in [0.15, 0.2) is 24.3 Å². The first kappa shape index (κ1) is 11.9. The lowest BCUT2D eigenvalue weighted by molar-refractivity contribution is 0.317. The minimum absolute atomic E-state index is 0.632. The van der Waals surface area contributed by atoms with Crippen molar-refractivity contribution in [3.05, 3.63) is 34.9 Å². The number of rotatable bonds is 3. The standard InChI is InChI=1S/C13H19ClN2/c1-10-7-16(9-13(10)15-2)8-11-3-5-12(14)6-4-11/h3-6,10,13,15H,7-9H2,1-2H3. The monoisotopic (exact) mass is 238 g/mol. The van der Waals surface area contributed by atoms with Crippen molar-refractivity contribution in [3.63, 3.8) is 0 Å². The van der Waals surface area contributed by atoms with Gasteiger partial charge in [0.1, 0.15) is 0 Å². The second-order valence-corrected chi connectivity index (χ2v) is 5.13. The molecule has 1 saturated heterocycles. The molecular weight excluding hydrogens is 220 g/mol. The largest absolute Gasteiger partial charge is 0.315 e. The maximum atomic E-state index is 5.87. The SMILES string of the molecule is CNC1CN(Cc2ccc(Cl)cc2)CC1C. The highest BCUT2D eigenvalue weighted by atomic mass is 35.5. The second-order valence-electron chi connectivity index (χ2n) is 4.69. The Bertz CT molecular complexity index is 336. The lowest BCUT2D eigenvalue weighted by Gasteiger charge is -2.15. The number of hydrogen-bond donors (Lipinski definition) is 1. The molecule has 0 spiro atoms. The topological polar surface area (TPSA) is 15.3 Å². The summed E-state index contributed by atoms with van der Waals surface area (Å²) in [6, 6.07) is 8.78. The van der Waals surface area contributed by atoms with Gasteiger partial charge >= 0.3 is 0 Å². The molecule has 2 unspecified atom stereocenters. The minimum Gasteiger partial charge on any atom is -0.315 e. The fraction of sp³-hybridized carbons (Fsp3) is 0.538. The first-order chi connectivity index (χ1) is 7.69. The van der Waals surface area contributed by atoms with Crippen LogP contribution in [-0.4, -0.2) is 31.1 Å². The van der Waals surface area contributed by atoms with Crippen LogP contribution in [0.5, 0.6) is 0 Å². The Morgan fingerprint density at radius 2 is 2.00 bits per heavy atom. The van der Waals surface area contributed by atoms with Gasteiger partial charge in [-0.1, -0.05) is 30.7 Å². The summed E-state index contributed by atoms with van der Waals surface area (Å²) >= 11 is 5.87. The van der Waals surface area contributed by atoms with Crippen molar-refractivity contribution in [2.24, 2.45) is 5.92 Å². The number of benzene rings is 1. The number of likely N-dealkylation sites (N-methyl/N-ethyl adjacent to an activating group) is 1. The fourth-order valence-electron chi connectivity index (χ4n) is 2.42. The lowest BCUT2D eigenvalue weighted by atomic mass is 10.1. The summed E-state index contributed by atoms with van der Waals surface area (Å²) in [5.41, 5.74) is 1.34. The molecule has 1 N–H and O–H groups in total. The quantitative estimate of drug-likeness (QED) is 0.870. The van der Waals surface area contributed by atoms with E-state index in [1.165, 1.54) is 12.1 Å². The van der Waals surface area contributed by atoms with Crippen molar-refractivity contribution in [2.45, 2.75) is 19.5 Å². The number of nitrogens with one attached hydrogen (secondary N) is 1. The van der Waals surface area contributed by atoms with Crippen LogP contribution in [0.3, 0.4) is 0 Å². The molecule has 0 bridgehead atoms. The molecule has 0 aromatic heterocycles. The summed E-state index contributed by atoms with van der Waals surface area (Å²) in [6.45, 7) is 5.65. The van der Waals surface area contributed by atoms with Gasteiger partial charge in [-0.15, -0.1) is 0 Å². The van der Waals surface area contributed by atoms with Gasteiger partial charge in [-0.3, -0.25) is 4.90 Å². The minimum atomic E-state index is 0.632. The van der Waals surface area contributed by atoms with E-state index >= 15 is 0 Å². The number of nitrogens with zero attached hydrogens (tertiary/aromatic N) is 1. The molecule has 2 rings (SSSR count). The summed E-state index contributed by atoms with van der Waals surface area (Å²) in [7, 11) is 2.05. The van der Waals surface area contributed by atoms with Crippen LogP contribution in [0, 0.1) is 5.92 Å². The van der Waals surface area contributed by atoms with Gasteiger partial charge in [0.15, 0.2) is 0 Å². The van der Waals surface area contributed by atoms with Crippen molar-refractivity contribution in [3.8, 4) is 0 Å². The molecule has 16 heavy (non-hydrogen) atoms. The summed E-state index contributed by atoms with van der Waals surface area (Å²) in [4.78, 5) is 2.50. The van der Waals surface area contributed by atoms with E-state index in [-0.39, 0.29) is 0 Å². The van der Waals surface area contributed by atoms with E-state index in [0.717, 1.165) is 24.0 Å². The Balaban J connectivity index is 1.94. The van der Waals surface area contributed by atoms with Crippen LogP contribution in [0.1, 0.15) is 12.5 Å². The summed E-state index contributed by atoms with van der Waals surface area (Å²) < 4.78 is 0. The summed E-state index contributed by atoms with van der Waals surface area (Å²) in [5, 5.41) is 4.19. The zero-order valence-electron chi connectivity index (χ0n) is 9.91. The second kappa shape index (κ2) is 5.17. The molecule has 88 valence electrons. The van der Waals surface area contributed by atoms with Gasteiger partial charge in [0, 0.05) is 30.7 Å². The van der Waals surface area contributed by atoms with Crippen LogP contribution in [0.2, 0.25) is 5.02 Å². The van der Waals surface area contributed by atoms with Crippen molar-refractivity contribution < 1.29 is 0 Å². The molecule has 0 radical (unpaired) electrons. The number of hydrogen-bond acceptors (Lipinski definition) is 2. The highest BCUT2D eigenvalue weighted by Gasteiger charge is 2.27. The van der Waals surface area contributed by atoms with Crippen molar-refractivity contribution >= 4 is 11.6 Å². The molecule has 1 fully saturated rings. The van der Waals surface area contributed by atoms with Gasteiger partial charge in [0.2, 0.25) is 0 Å². The van der Waals surface area contributed by atoms with Crippen molar-refractivity contribution in [1.82, 2.24) is 10.2 Å². The summed E-state index contributed by atoms with van der Waals surface area (Å²) in [5.74, 6) is 0.734. The average Bonchev–Trinajstić information content (AvgIpc) is 2.62. The molecule has 1 heterocycles. The molecule has 2 atom stereocenters. The molecule has 0 saturated carbocycles. The molecule has 2 nitrogen and oxygen atoms in total. The Morgan fingerprint density at radius 1 is 1.31 bits per heavy atom. The molecule has 1 aliphatic rings. The van der Waals surface area contributed by atoms with E-state index in [2.05, 4.69) is 29.3 Å². The van der Waals surface area contributed by atoms with E-state index < -0.39 is 0 Å². The van der Waals surface area contributed by atoms with Crippen LogP contribution in [0.25, 0.3) is 0 Å². The smallest absolute Gasteiger partial charge is 0.0406 e. The third kappa shape index (κ3) is 2.76. The van der Waals surface area contributed by atoms with Crippen LogP contribution in [0.4, 0.5) is 0 Å². The number of halogens is 1. The van der Waals surface area contributed by atoms with E-state index in [4.69, 9.17) is 11.6 Å². The van der Waals surface area contributed by atoms with Crippen molar-refractivity contribution in [1.29, 1.82) is 0 Å². The van der Waals surface area contributed by atoms with Gasteiger partial charge in [-0.05, 0) is 30.7 Å². The average molecular weight is 239 g/mol. The maximum Gasteiger partial charge on any atom is 0.0406 e. The Kier molecular flexibility index (Phi) is 3.85. The first-order valence-corrected chi connectivity index (χ1v) is 6.21. The molecule has 1 aromatic carbocycles. The van der Waals surface area contributed by atoms with E-state index in [0.29, 0.717) is 6.04 Å². The zero-order chi connectivity index (χ0) is 11.5. The highest BCUT2D eigenvalue weighted by molar-refractivity contribution is 6.30. The molecule has 1 aromatic rings. The first-order valence-electron chi connectivity index (χ1n) is 5.83. The third-order valence-corrected chi connectivity index (χ3v) is 3.63. The normalized spacial score (nSPS) is 26.2. The van der Waals surface area contributed by atoms with Crippen molar-refractivity contribution in [2.75, 3.05) is 20.1 Å². The Morgan fingerprint density at radius 3 is 2.56 bits per heavy atom. The van der Waals surface area contributed by atoms with Gasteiger partial charge in [-0.2, -0.15) is 0 Å². The van der Waals surface area contributed by atoms with Gasteiger partial charge < -0.3 is 5.32 Å². The molecule has 0 aliphatic carbocycles. The van der Waals surface area contributed by atoms with Crippen LogP contribution < -0.4 is 5.32 Å². The van der Waals surface area contributed by atoms with E-state index in [9.17, 15) is 0 Å². The number of likely N-dealkylation sites (tertiary alicyclic amines) is 1. The zero-order valence-corrected chi connectivity index (χ0v) is 10.7. The van der Waals surface area contributed by atoms with Gasteiger partial charge in [0.05, 0.1) is 0 Å². The van der Waals surface area contributed by atoms with E-state index in [1.54, 1.807) is 0 Å². The van der Waals surface area contributed by atoms with Gasteiger partial charge in [0.25, 0.3) is 0 Å². The molecule has 1 aliphatic heterocycles. The fourth-order valence-corrected chi connectivity index (χ4v) is 2.55. The third-order valence-electron chi connectivity index (χ3n) is 3.38.